The number of nitrogens with zero attached hydrogens (tertiary/aromatic N) is 1. The van der Waals surface area contributed by atoms with Crippen LogP contribution in [-0.4, -0.2) is 47.3 Å². The molecule has 7 heteroatoms. The SMILES string of the molecule is CC1NNC(C(=O)NCc2ccc(C(=O)N3CCCCC3)cc2)C1Cl. The van der Waals surface area contributed by atoms with Crippen LogP contribution in [0.15, 0.2) is 24.3 Å². The van der Waals surface area contributed by atoms with E-state index in [0.717, 1.165) is 31.5 Å². The minimum absolute atomic E-state index is 0.0394. The number of rotatable bonds is 4. The van der Waals surface area contributed by atoms with Gasteiger partial charge in [0.25, 0.3) is 5.91 Å². The molecular formula is C18H25ClN4O2. The van der Waals surface area contributed by atoms with Gasteiger partial charge in [-0.25, -0.2) is 5.43 Å². The third-order valence-corrected chi connectivity index (χ3v) is 5.49. The second-order valence-electron chi connectivity index (χ2n) is 6.77. The van der Waals surface area contributed by atoms with Gasteiger partial charge in [-0.15, -0.1) is 11.6 Å². The van der Waals surface area contributed by atoms with E-state index in [4.69, 9.17) is 11.6 Å². The molecule has 0 aliphatic carbocycles. The molecule has 0 spiro atoms. The zero-order valence-electron chi connectivity index (χ0n) is 14.4. The van der Waals surface area contributed by atoms with E-state index in [9.17, 15) is 9.59 Å². The number of nitrogens with one attached hydrogen (secondary N) is 3. The highest BCUT2D eigenvalue weighted by atomic mass is 35.5. The summed E-state index contributed by atoms with van der Waals surface area (Å²) in [6.45, 7) is 4.03. The number of hydrogen-bond acceptors (Lipinski definition) is 4. The number of halogens is 1. The van der Waals surface area contributed by atoms with E-state index in [-0.39, 0.29) is 23.2 Å². The summed E-state index contributed by atoms with van der Waals surface area (Å²) in [5.74, 6) is -0.0409. The van der Waals surface area contributed by atoms with Gasteiger partial charge in [-0.2, -0.15) is 0 Å². The molecule has 2 fully saturated rings. The van der Waals surface area contributed by atoms with Crippen molar-refractivity contribution in [3.05, 3.63) is 35.4 Å². The quantitative estimate of drug-likeness (QED) is 0.706. The zero-order valence-corrected chi connectivity index (χ0v) is 15.2. The Morgan fingerprint density at radius 1 is 1.16 bits per heavy atom. The molecule has 2 saturated heterocycles. The van der Waals surface area contributed by atoms with Crippen LogP contribution < -0.4 is 16.2 Å². The van der Waals surface area contributed by atoms with Crippen LogP contribution in [0.4, 0.5) is 0 Å². The molecule has 1 aromatic rings. The van der Waals surface area contributed by atoms with Crippen molar-refractivity contribution in [1.29, 1.82) is 0 Å². The molecule has 136 valence electrons. The van der Waals surface area contributed by atoms with Crippen LogP contribution in [0.2, 0.25) is 0 Å². The number of carbonyl (C=O) groups excluding carboxylic acids is 2. The number of hydrazine groups is 1. The Labute approximate surface area is 153 Å². The highest BCUT2D eigenvalue weighted by Crippen LogP contribution is 2.15. The molecule has 2 aliphatic heterocycles. The Morgan fingerprint density at radius 3 is 2.44 bits per heavy atom. The summed E-state index contributed by atoms with van der Waals surface area (Å²) in [4.78, 5) is 26.6. The highest BCUT2D eigenvalue weighted by Gasteiger charge is 2.36. The van der Waals surface area contributed by atoms with E-state index >= 15 is 0 Å². The summed E-state index contributed by atoms with van der Waals surface area (Å²) in [6, 6.07) is 7.03. The molecule has 0 bridgehead atoms. The van der Waals surface area contributed by atoms with Gasteiger partial charge in [0.15, 0.2) is 0 Å². The van der Waals surface area contributed by atoms with Gasteiger partial charge in [0.1, 0.15) is 6.04 Å². The predicted octanol–water partition coefficient (Wildman–Crippen LogP) is 1.40. The van der Waals surface area contributed by atoms with Crippen LogP contribution in [0.5, 0.6) is 0 Å². The molecular weight excluding hydrogens is 340 g/mol. The van der Waals surface area contributed by atoms with Gasteiger partial charge in [0.05, 0.1) is 5.38 Å². The maximum atomic E-state index is 12.4. The van der Waals surface area contributed by atoms with Crippen molar-refractivity contribution in [1.82, 2.24) is 21.1 Å². The van der Waals surface area contributed by atoms with Gasteiger partial charge in [-0.1, -0.05) is 12.1 Å². The van der Waals surface area contributed by atoms with E-state index < -0.39 is 6.04 Å². The fraction of sp³-hybridized carbons (Fsp3) is 0.556. The molecule has 25 heavy (non-hydrogen) atoms. The van der Waals surface area contributed by atoms with Gasteiger partial charge in [0, 0.05) is 31.2 Å². The molecule has 3 N–H and O–H groups in total. The number of amides is 2. The molecule has 2 amide bonds. The molecule has 3 atom stereocenters. The number of benzene rings is 1. The molecule has 0 aromatic heterocycles. The molecule has 0 radical (unpaired) electrons. The van der Waals surface area contributed by atoms with Crippen LogP contribution in [0.3, 0.4) is 0 Å². The summed E-state index contributed by atoms with van der Waals surface area (Å²) in [5.41, 5.74) is 7.53. The topological polar surface area (TPSA) is 73.5 Å². The van der Waals surface area contributed by atoms with Crippen molar-refractivity contribution in [3.8, 4) is 0 Å². The molecule has 2 heterocycles. The molecule has 2 aliphatic rings. The Bertz CT molecular complexity index is 616. The van der Waals surface area contributed by atoms with Gasteiger partial charge in [-0.05, 0) is 43.9 Å². The van der Waals surface area contributed by atoms with Crippen molar-refractivity contribution in [2.24, 2.45) is 0 Å². The lowest BCUT2D eigenvalue weighted by Crippen LogP contribution is -2.45. The molecule has 6 nitrogen and oxygen atoms in total. The standard InChI is InChI=1S/C18H25ClN4O2/c1-12-15(19)16(22-21-12)17(24)20-11-13-5-7-14(8-6-13)18(25)23-9-3-2-4-10-23/h5-8,12,15-16,21-22H,2-4,9-11H2,1H3,(H,20,24). The van der Waals surface area contributed by atoms with Crippen molar-refractivity contribution in [2.45, 2.75) is 50.2 Å². The van der Waals surface area contributed by atoms with E-state index in [1.807, 2.05) is 36.1 Å². The third-order valence-electron chi connectivity index (χ3n) is 4.86. The van der Waals surface area contributed by atoms with Crippen molar-refractivity contribution >= 4 is 23.4 Å². The normalized spacial score (nSPS) is 26.5. The van der Waals surface area contributed by atoms with Crippen LogP contribution in [-0.2, 0) is 11.3 Å². The van der Waals surface area contributed by atoms with E-state index in [0.29, 0.717) is 12.1 Å². The van der Waals surface area contributed by atoms with Gasteiger partial charge in [0.2, 0.25) is 5.91 Å². The van der Waals surface area contributed by atoms with Crippen molar-refractivity contribution < 1.29 is 9.59 Å². The first-order valence-corrected chi connectivity index (χ1v) is 9.31. The van der Waals surface area contributed by atoms with Gasteiger partial charge in [-0.3, -0.25) is 15.0 Å². The maximum Gasteiger partial charge on any atom is 0.253 e. The molecule has 3 unspecified atom stereocenters. The van der Waals surface area contributed by atoms with E-state index in [2.05, 4.69) is 16.2 Å². The lowest BCUT2D eigenvalue weighted by Gasteiger charge is -2.26. The van der Waals surface area contributed by atoms with E-state index in [1.165, 1.54) is 6.42 Å². The van der Waals surface area contributed by atoms with E-state index in [1.54, 1.807) is 0 Å². The maximum absolute atomic E-state index is 12.4. The number of likely N-dealkylation sites (tertiary alicyclic amines) is 1. The van der Waals surface area contributed by atoms with Crippen LogP contribution >= 0.6 is 11.6 Å². The first kappa shape index (κ1) is 18.2. The average Bonchev–Trinajstić information content (AvgIpc) is 2.99. The summed E-state index contributed by atoms with van der Waals surface area (Å²) < 4.78 is 0. The highest BCUT2D eigenvalue weighted by molar-refractivity contribution is 6.23. The monoisotopic (exact) mass is 364 g/mol. The largest absolute Gasteiger partial charge is 0.351 e. The minimum Gasteiger partial charge on any atom is -0.351 e. The number of carbonyl (C=O) groups is 2. The fourth-order valence-corrected chi connectivity index (χ4v) is 3.46. The fourth-order valence-electron chi connectivity index (χ4n) is 3.22. The predicted molar refractivity (Wildman–Crippen MR) is 97.2 cm³/mol. The first-order valence-electron chi connectivity index (χ1n) is 8.87. The number of alkyl halides is 1. The molecule has 3 rings (SSSR count). The third kappa shape index (κ3) is 4.32. The average molecular weight is 365 g/mol. The smallest absolute Gasteiger partial charge is 0.253 e. The number of hydrogen-bond donors (Lipinski definition) is 3. The lowest BCUT2D eigenvalue weighted by molar-refractivity contribution is -0.122. The minimum atomic E-state index is -0.448. The molecule has 0 saturated carbocycles. The van der Waals surface area contributed by atoms with Gasteiger partial charge >= 0.3 is 0 Å². The molecule has 1 aromatic carbocycles. The lowest BCUT2D eigenvalue weighted by atomic mass is 10.1. The first-order chi connectivity index (χ1) is 12.1. The second kappa shape index (κ2) is 8.17. The second-order valence-corrected chi connectivity index (χ2v) is 7.27. The Balaban J connectivity index is 1.52. The number of piperidine rings is 1. The van der Waals surface area contributed by atoms with Gasteiger partial charge < -0.3 is 10.2 Å². The Hall–Kier alpha value is -1.63. The van der Waals surface area contributed by atoms with Crippen LogP contribution in [0.1, 0.15) is 42.1 Å². The zero-order chi connectivity index (χ0) is 17.8. The van der Waals surface area contributed by atoms with Crippen molar-refractivity contribution in [2.75, 3.05) is 13.1 Å². The van der Waals surface area contributed by atoms with Crippen molar-refractivity contribution in [3.63, 3.8) is 0 Å². The summed E-state index contributed by atoms with van der Waals surface area (Å²) >= 11 is 6.21. The summed E-state index contributed by atoms with van der Waals surface area (Å²) in [6.07, 6.45) is 3.37. The Kier molecular flexibility index (Phi) is 5.93. The van der Waals surface area contributed by atoms with Crippen LogP contribution in [0, 0.1) is 0 Å². The summed E-state index contributed by atoms with van der Waals surface area (Å²) in [7, 11) is 0. The summed E-state index contributed by atoms with van der Waals surface area (Å²) in [5, 5.41) is 2.60. The van der Waals surface area contributed by atoms with Crippen LogP contribution in [0.25, 0.3) is 0 Å². The Morgan fingerprint density at radius 2 is 1.84 bits per heavy atom.